The predicted molar refractivity (Wildman–Crippen MR) is 402 cm³/mol. The molecule has 117 heavy (non-hydrogen) atoms. The van der Waals surface area contributed by atoms with E-state index in [4.69, 9.17) is 161 Å². The topological polar surface area (TPSA) is 416 Å². The third-order valence-corrected chi connectivity index (χ3v) is 22.7. The number of methoxy groups -OCH3 is 20. The number of carbonyl (C=O) groups excluding carboxylic acids is 2. The number of nitrogens with one attached hydrogen (secondary N) is 1. The van der Waals surface area contributed by atoms with E-state index >= 15 is 0 Å². The fraction of sp³-hybridized carbons (Fsp3) is 0.855. The van der Waals surface area contributed by atoms with Crippen molar-refractivity contribution in [1.29, 1.82) is 0 Å². The maximum atomic E-state index is 14.7. The van der Waals surface area contributed by atoms with Crippen LogP contribution < -0.4 is 10.4 Å². The molecule has 40 nitrogen and oxygen atoms in total. The maximum Gasteiger partial charge on any atom is 0.245 e. The van der Waals surface area contributed by atoms with Gasteiger partial charge in [0.2, 0.25) is 11.0 Å². The fourth-order valence-corrected chi connectivity index (χ4v) is 17.1. The number of ether oxygens (including phenoxy) is 34. The average Bonchev–Trinajstić information content (AvgIpc) is 0.998. The molecule has 21 fully saturated rings. The second kappa shape index (κ2) is 48.0. The molecular weight excluding hydrogens is 1580 g/mol. The van der Waals surface area contributed by atoms with Crippen LogP contribution in [-0.4, -0.2) is 437 Å². The van der Waals surface area contributed by atoms with Crippen molar-refractivity contribution >= 4 is 34.8 Å². The largest absolute Gasteiger partial charge is 0.862 e. The van der Waals surface area contributed by atoms with E-state index < -0.39 is 244 Å². The number of benzene rings is 1. The number of amides is 1. The monoisotopic (exact) mass is 1700 g/mol. The first-order valence-electron chi connectivity index (χ1n) is 38.3. The Balaban J connectivity index is 1.15. The minimum atomic E-state index is -1.48. The number of aliphatic imine (C=N–C) groups is 1. The van der Waals surface area contributed by atoms with Crippen molar-refractivity contribution in [2.45, 2.75) is 228 Å². The summed E-state index contributed by atoms with van der Waals surface area (Å²) in [6.45, 7) is 0.0769. The van der Waals surface area contributed by atoms with E-state index in [1.54, 1.807) is 18.2 Å². The van der Waals surface area contributed by atoms with Gasteiger partial charge in [0.15, 0.2) is 44.0 Å². The molecule has 22 rings (SSSR count). The highest BCUT2D eigenvalue weighted by Gasteiger charge is 2.62. The van der Waals surface area contributed by atoms with Gasteiger partial charge in [0, 0.05) is 154 Å². The summed E-state index contributed by atoms with van der Waals surface area (Å²) in [7, 11) is 29.3. The van der Waals surface area contributed by atoms with E-state index in [2.05, 4.69) is 10.3 Å². The number of nitrogens with zero attached hydrogens (tertiary/aromatic N) is 1. The lowest BCUT2D eigenvalue weighted by Crippen LogP contribution is -2.69. The highest BCUT2D eigenvalue weighted by Crippen LogP contribution is 2.43. The van der Waals surface area contributed by atoms with Gasteiger partial charge in [0.25, 0.3) is 0 Å². The Kier molecular flexibility index (Phi) is 39.9. The molecule has 21 saturated heterocycles. The molecule has 21 aliphatic heterocycles. The molecule has 1 aromatic carbocycles. The molecule has 0 unspecified atom stereocenters. The molecule has 0 radical (unpaired) electrons. The van der Waals surface area contributed by atoms with Gasteiger partial charge in [0.05, 0.1) is 39.6 Å². The lowest BCUT2D eigenvalue weighted by Gasteiger charge is -2.52. The van der Waals surface area contributed by atoms with Crippen molar-refractivity contribution in [2.24, 2.45) is 4.99 Å². The van der Waals surface area contributed by atoms with Crippen LogP contribution in [0.4, 0.5) is 0 Å². The average molecular weight is 1700 g/mol. The van der Waals surface area contributed by atoms with Crippen LogP contribution in [0.15, 0.2) is 35.3 Å². The number of phenolic OH excluding ortho intramolecular Hbond substituents is 1. The minimum absolute atomic E-state index is 0.0439. The molecule has 14 bridgehead atoms. The van der Waals surface area contributed by atoms with Crippen molar-refractivity contribution in [3.8, 4) is 5.75 Å². The SMILES string of the molecule is COC[C@H]1O[C@@H]2O[C@H]3[C@H](OC)[C@@H](OC)[C@@H](O[C@H]4[C@H](OC)[C@@H](OC)[C@@H](O[C@H]5[C@H](OC)[C@@H](OC)[C@@H](O[C@H]6[C@H](OC)[C@@H](OC)[C@@H](O[C@H]7[C@H](OC)[C@@H](OC)[C@@H](O[C@H]8[C@H](OC)[C@@H](OC)[C@@H](O[C@H]1[C@H](OC)[C@H]2OC)O[C@@H]8CNC(=O)[C@H](CSC(=O)/C=C/c1ccc(O)cc1)N=C(C)[O-])O[C@@H]7COC)O[C@@H]6COC)O[C@@H]5COC)O[C@@H]4COC)O[C@@H]3COC. The van der Waals surface area contributed by atoms with Gasteiger partial charge >= 0.3 is 0 Å². The number of phenols is 1. The zero-order valence-electron chi connectivity index (χ0n) is 70.3. The van der Waals surface area contributed by atoms with Crippen molar-refractivity contribution in [3.05, 3.63) is 35.9 Å². The molecule has 21 aliphatic rings. The van der Waals surface area contributed by atoms with E-state index in [0.717, 1.165) is 11.8 Å². The van der Waals surface area contributed by atoms with Crippen LogP contribution in [0.3, 0.4) is 0 Å². The first-order chi connectivity index (χ1) is 56.7. The molecule has 0 spiro atoms. The lowest BCUT2D eigenvalue weighted by molar-refractivity contribution is -0.402. The van der Waals surface area contributed by atoms with Gasteiger partial charge in [-0.2, -0.15) is 0 Å². The summed E-state index contributed by atoms with van der Waals surface area (Å²) in [6, 6.07) is 4.77. The van der Waals surface area contributed by atoms with Gasteiger partial charge in [-0.25, -0.2) is 0 Å². The van der Waals surface area contributed by atoms with Crippen molar-refractivity contribution in [3.63, 3.8) is 0 Å². The van der Waals surface area contributed by atoms with Gasteiger partial charge < -0.3 is 177 Å². The molecule has 36 atom stereocenters. The summed E-state index contributed by atoms with van der Waals surface area (Å²) in [5, 5.41) is 25.1. The molecule has 0 aromatic heterocycles. The van der Waals surface area contributed by atoms with Gasteiger partial charge in [-0.1, -0.05) is 30.0 Å². The zero-order valence-corrected chi connectivity index (χ0v) is 71.1. The molecule has 2 N–H and O–H groups in total. The van der Waals surface area contributed by atoms with Gasteiger partial charge in [-0.05, 0) is 36.6 Å². The number of aromatic hydroxyl groups is 1. The Morgan fingerprint density at radius 3 is 0.803 bits per heavy atom. The Morgan fingerprint density at radius 2 is 0.590 bits per heavy atom. The van der Waals surface area contributed by atoms with Crippen LogP contribution >= 0.6 is 11.8 Å². The Hall–Kier alpha value is -3.64. The third-order valence-electron chi connectivity index (χ3n) is 21.8. The molecule has 0 saturated carbocycles. The number of hydrogen-bond donors (Lipinski definition) is 2. The zero-order chi connectivity index (χ0) is 84.7. The molecule has 21 heterocycles. The van der Waals surface area contributed by atoms with E-state index in [9.17, 15) is 19.8 Å². The molecule has 1 aromatic rings. The molecule has 672 valence electrons. The first kappa shape index (κ1) is 97.2. The van der Waals surface area contributed by atoms with E-state index in [0.29, 0.717) is 5.56 Å². The van der Waals surface area contributed by atoms with Gasteiger partial charge in [-0.3, -0.25) is 14.6 Å². The van der Waals surface area contributed by atoms with E-state index in [1.807, 2.05) is 0 Å². The minimum Gasteiger partial charge on any atom is -0.862 e. The van der Waals surface area contributed by atoms with Crippen LogP contribution in [0.25, 0.3) is 6.08 Å². The summed E-state index contributed by atoms with van der Waals surface area (Å²) >= 11 is 0.750. The van der Waals surface area contributed by atoms with Crippen LogP contribution in [0.1, 0.15) is 12.5 Å². The second-order valence-corrected chi connectivity index (χ2v) is 29.5. The molecular formula is C76H123N2O38S-. The third kappa shape index (κ3) is 23.1. The van der Waals surface area contributed by atoms with Gasteiger partial charge in [-0.15, -0.1) is 0 Å². The maximum absolute atomic E-state index is 14.7. The molecule has 41 heteroatoms. The number of hydrogen-bond acceptors (Lipinski definition) is 40. The second-order valence-electron chi connectivity index (χ2n) is 28.5. The van der Waals surface area contributed by atoms with Crippen molar-refractivity contribution < 1.29 is 181 Å². The highest BCUT2D eigenvalue weighted by molar-refractivity contribution is 8.14. The Morgan fingerprint density at radius 1 is 0.368 bits per heavy atom. The van der Waals surface area contributed by atoms with E-state index in [-0.39, 0.29) is 51.1 Å². The molecule has 1 amide bonds. The summed E-state index contributed by atoms with van der Waals surface area (Å²) < 4.78 is 222. The highest BCUT2D eigenvalue weighted by atomic mass is 32.2. The normalized spacial score (nSPS) is 40.9. The molecule has 0 aliphatic carbocycles. The lowest BCUT2D eigenvalue weighted by atomic mass is 9.94. The quantitative estimate of drug-likeness (QED) is 0.0465. The van der Waals surface area contributed by atoms with Crippen LogP contribution in [0, 0.1) is 0 Å². The van der Waals surface area contributed by atoms with Crippen LogP contribution in [0.5, 0.6) is 5.75 Å². The Labute approximate surface area is 687 Å². The predicted octanol–water partition coefficient (Wildman–Crippen LogP) is -1.20. The summed E-state index contributed by atoms with van der Waals surface area (Å²) in [5.74, 6) is -1.70. The number of rotatable bonds is 34. The van der Waals surface area contributed by atoms with E-state index in [1.165, 1.54) is 167 Å². The standard InChI is InChI=1S/C76H124N2O38S/c1-36(79)78-39(35-117-47(81)27-24-37-22-25-38(80)26-23-37)69(82)77-28-40-48-55(89-8)62(96-15)70(103-40)111-49-41(29-83-2)105-72(64(98-17)56(49)90-9)113-51-43(31-85-4)107-74(66(100-19)58(51)92-11)115-53-45(33-87-6)109-76(68(102-21)60(53)94-13)116-54-46(34-88-7)108-75(67(101-20)61(54)95-14)114-52-44(32-86-5)106-73(65(99-18)59(52)93-12)112-50-42(30-84-3)104-71(110-48)63(97-16)57(50)91-10/h22-27,39-46,48-68,70-76,80H,28-35H2,1-21H3,(H,77,82)(H,78,79)/p-1/b27-24+/t39-,40+,41+,42+,43+,44+,45+,46+,48+,49+,50+,51+,52+,53+,54+,55-,56-,57-,58-,59-,60-,61-,62+,63+,64+,65+,66+,67+,68+,70+,71+,72+,73+,74+,75+,76+/m0/s1. The number of thioether (sulfide) groups is 1. The smallest absolute Gasteiger partial charge is 0.245 e. The number of carbonyl (C=O) groups is 2. The fourth-order valence-electron chi connectivity index (χ4n) is 16.4. The van der Waals surface area contributed by atoms with Crippen LogP contribution in [-0.2, 0) is 171 Å². The Bertz CT molecular complexity index is 3090. The summed E-state index contributed by atoms with van der Waals surface area (Å²) in [4.78, 5) is 32.2. The summed E-state index contributed by atoms with van der Waals surface area (Å²) in [6.07, 6.45) is -37.4. The summed E-state index contributed by atoms with van der Waals surface area (Å²) in [5.41, 5.74) is 0.623. The van der Waals surface area contributed by atoms with Gasteiger partial charge in [0.1, 0.15) is 183 Å². The van der Waals surface area contributed by atoms with Crippen molar-refractivity contribution in [2.75, 3.05) is 194 Å². The first-order valence-corrected chi connectivity index (χ1v) is 39.3. The van der Waals surface area contributed by atoms with Crippen molar-refractivity contribution in [1.82, 2.24) is 5.32 Å². The van der Waals surface area contributed by atoms with Crippen LogP contribution in [0.2, 0.25) is 0 Å².